The van der Waals surface area contributed by atoms with Gasteiger partial charge in [0.25, 0.3) is 0 Å². The summed E-state index contributed by atoms with van der Waals surface area (Å²) in [5.41, 5.74) is 3.27. The maximum atomic E-state index is 4.37. The number of allylic oxidation sites excluding steroid dienone is 1. The second-order valence-corrected chi connectivity index (χ2v) is 3.58. The second-order valence-electron chi connectivity index (χ2n) is 3.58. The summed E-state index contributed by atoms with van der Waals surface area (Å²) >= 11 is 0. The van der Waals surface area contributed by atoms with Gasteiger partial charge in [0, 0.05) is 19.3 Å². The van der Waals surface area contributed by atoms with Crippen LogP contribution in [0, 0.1) is 0 Å². The number of H-pyrrole nitrogens is 1. The normalized spacial score (nSPS) is 17.8. The smallest absolute Gasteiger partial charge is 0.222 e. The highest BCUT2D eigenvalue weighted by atomic mass is 15.5. The number of nitrogens with one attached hydrogen (secondary N) is 2. The molecule has 84 valence electrons. The van der Waals surface area contributed by atoms with Crippen molar-refractivity contribution < 1.29 is 0 Å². The fraction of sp³-hybridized carbons (Fsp3) is 0.400. The number of aliphatic imine (C=N–C) groups is 1. The molecule has 1 aromatic rings. The molecule has 2 rings (SSSR count). The van der Waals surface area contributed by atoms with Gasteiger partial charge in [-0.15, -0.1) is 10.2 Å². The Kier molecular flexibility index (Phi) is 3.21. The Bertz CT molecular complexity index is 440. The van der Waals surface area contributed by atoms with Gasteiger partial charge in [0.15, 0.2) is 0 Å². The van der Waals surface area contributed by atoms with Crippen molar-refractivity contribution in [2.24, 2.45) is 4.99 Å². The van der Waals surface area contributed by atoms with E-state index in [4.69, 9.17) is 0 Å². The molecule has 0 amide bonds. The van der Waals surface area contributed by atoms with Gasteiger partial charge in [0.1, 0.15) is 5.70 Å². The third-order valence-electron chi connectivity index (χ3n) is 2.46. The van der Waals surface area contributed by atoms with Crippen molar-refractivity contribution >= 4 is 11.9 Å². The van der Waals surface area contributed by atoms with Crippen LogP contribution in [0.15, 0.2) is 22.2 Å². The predicted octanol–water partition coefficient (Wildman–Crippen LogP) is 0.551. The van der Waals surface area contributed by atoms with E-state index in [1.165, 1.54) is 11.1 Å². The number of aromatic amines is 1. The Labute approximate surface area is 93.5 Å². The molecule has 0 aromatic carbocycles. The summed E-state index contributed by atoms with van der Waals surface area (Å²) in [5, 5.41) is 17.0. The van der Waals surface area contributed by atoms with E-state index in [9.17, 15) is 0 Å². The van der Waals surface area contributed by atoms with Crippen molar-refractivity contribution in [3.8, 4) is 0 Å². The van der Waals surface area contributed by atoms with Gasteiger partial charge in [-0.25, -0.2) is 0 Å². The summed E-state index contributed by atoms with van der Waals surface area (Å²) in [7, 11) is 0. The zero-order chi connectivity index (χ0) is 11.4. The summed E-state index contributed by atoms with van der Waals surface area (Å²) in [6.45, 7) is 5.81. The molecule has 0 atom stereocenters. The lowest BCUT2D eigenvalue weighted by Crippen LogP contribution is -2.08. The van der Waals surface area contributed by atoms with Gasteiger partial charge >= 0.3 is 0 Å². The van der Waals surface area contributed by atoms with E-state index in [0.717, 1.165) is 18.8 Å². The zero-order valence-corrected chi connectivity index (χ0v) is 9.36. The highest BCUT2D eigenvalue weighted by molar-refractivity contribution is 5.85. The van der Waals surface area contributed by atoms with E-state index in [2.05, 4.69) is 37.9 Å². The zero-order valence-electron chi connectivity index (χ0n) is 9.36. The molecule has 0 fully saturated rings. The highest BCUT2D eigenvalue weighted by Crippen LogP contribution is 2.11. The number of aromatic nitrogens is 4. The van der Waals surface area contributed by atoms with Crippen molar-refractivity contribution in [3.63, 3.8) is 0 Å². The monoisotopic (exact) mass is 218 g/mol. The lowest BCUT2D eigenvalue weighted by atomic mass is 10.2. The first-order valence-electron chi connectivity index (χ1n) is 5.15. The molecule has 1 aromatic heterocycles. The first-order chi connectivity index (χ1) is 7.81. The largest absolute Gasteiger partial charge is 0.309 e. The van der Waals surface area contributed by atoms with E-state index in [1.807, 2.05) is 19.2 Å². The molecule has 0 radical (unpaired) electrons. The number of tetrazole rings is 1. The quantitative estimate of drug-likeness (QED) is 0.726. The third-order valence-corrected chi connectivity index (χ3v) is 2.46. The molecular formula is C10H14N6. The standard InChI is InChI=1S/C10H14N6/c1-3-9(10-13-15-16-14-10)12-6-8-5-11-4-7(8)2/h3,6,11H,4-5H2,1-2H3,(H,13,14,15,16)/b9-3?,12-6-. The third kappa shape index (κ3) is 2.22. The maximum absolute atomic E-state index is 4.37. The lowest BCUT2D eigenvalue weighted by molar-refractivity contribution is 0.871. The second kappa shape index (κ2) is 4.80. The minimum absolute atomic E-state index is 0.517. The fourth-order valence-corrected chi connectivity index (χ4v) is 1.48. The average molecular weight is 218 g/mol. The van der Waals surface area contributed by atoms with E-state index in [-0.39, 0.29) is 0 Å². The molecule has 0 saturated carbocycles. The van der Waals surface area contributed by atoms with Crippen LogP contribution in [0.5, 0.6) is 0 Å². The Hall–Kier alpha value is -1.82. The number of hydrogen-bond acceptors (Lipinski definition) is 5. The van der Waals surface area contributed by atoms with Gasteiger partial charge in [-0.05, 0) is 24.6 Å². The van der Waals surface area contributed by atoms with E-state index in [1.54, 1.807) is 0 Å². The number of rotatable bonds is 3. The number of nitrogens with zero attached hydrogens (tertiary/aromatic N) is 4. The van der Waals surface area contributed by atoms with Crippen molar-refractivity contribution in [2.75, 3.05) is 13.1 Å². The number of hydrogen-bond donors (Lipinski definition) is 2. The fourth-order valence-electron chi connectivity index (χ4n) is 1.48. The van der Waals surface area contributed by atoms with Crippen LogP contribution in [0.4, 0.5) is 0 Å². The average Bonchev–Trinajstić information content (AvgIpc) is 2.92. The molecule has 6 heteroatoms. The summed E-state index contributed by atoms with van der Waals surface area (Å²) in [4.78, 5) is 4.37. The summed E-state index contributed by atoms with van der Waals surface area (Å²) in [6, 6.07) is 0. The van der Waals surface area contributed by atoms with Gasteiger partial charge in [-0.2, -0.15) is 5.21 Å². The van der Waals surface area contributed by atoms with Gasteiger partial charge in [-0.3, -0.25) is 4.99 Å². The summed E-state index contributed by atoms with van der Waals surface area (Å²) in [5.74, 6) is 0.517. The van der Waals surface area contributed by atoms with Crippen molar-refractivity contribution in [2.45, 2.75) is 13.8 Å². The van der Waals surface area contributed by atoms with Crippen molar-refractivity contribution in [3.05, 3.63) is 23.0 Å². The van der Waals surface area contributed by atoms with Crippen LogP contribution in [-0.2, 0) is 0 Å². The molecule has 2 heterocycles. The predicted molar refractivity (Wildman–Crippen MR) is 61.9 cm³/mol. The van der Waals surface area contributed by atoms with Crippen LogP contribution in [0.3, 0.4) is 0 Å². The molecule has 6 nitrogen and oxygen atoms in total. The van der Waals surface area contributed by atoms with E-state index >= 15 is 0 Å². The summed E-state index contributed by atoms with van der Waals surface area (Å²) < 4.78 is 0. The van der Waals surface area contributed by atoms with Crippen LogP contribution >= 0.6 is 0 Å². The minimum atomic E-state index is 0.517. The molecule has 0 aliphatic carbocycles. The van der Waals surface area contributed by atoms with E-state index < -0.39 is 0 Å². The lowest BCUT2D eigenvalue weighted by Gasteiger charge is -1.95. The van der Waals surface area contributed by atoms with E-state index in [0.29, 0.717) is 5.82 Å². The van der Waals surface area contributed by atoms with Crippen LogP contribution in [0.25, 0.3) is 5.70 Å². The van der Waals surface area contributed by atoms with Crippen molar-refractivity contribution in [1.82, 2.24) is 25.9 Å². The van der Waals surface area contributed by atoms with Gasteiger partial charge in [0.2, 0.25) is 5.82 Å². The molecule has 2 N–H and O–H groups in total. The molecule has 1 aliphatic heterocycles. The first-order valence-corrected chi connectivity index (χ1v) is 5.15. The van der Waals surface area contributed by atoms with Crippen LogP contribution < -0.4 is 5.32 Å². The minimum Gasteiger partial charge on any atom is -0.309 e. The Morgan fingerprint density at radius 2 is 2.31 bits per heavy atom. The van der Waals surface area contributed by atoms with Gasteiger partial charge < -0.3 is 5.32 Å². The van der Waals surface area contributed by atoms with Crippen LogP contribution in [-0.4, -0.2) is 39.9 Å². The molecule has 0 saturated heterocycles. The molecule has 0 unspecified atom stereocenters. The van der Waals surface area contributed by atoms with Crippen LogP contribution in [0.1, 0.15) is 19.7 Å². The van der Waals surface area contributed by atoms with Gasteiger partial charge in [-0.1, -0.05) is 11.6 Å². The molecule has 0 spiro atoms. The highest BCUT2D eigenvalue weighted by Gasteiger charge is 2.08. The topological polar surface area (TPSA) is 78.9 Å². The Balaban J connectivity index is 2.14. The Morgan fingerprint density at radius 3 is 2.88 bits per heavy atom. The molecular weight excluding hydrogens is 204 g/mol. The van der Waals surface area contributed by atoms with Crippen molar-refractivity contribution in [1.29, 1.82) is 0 Å². The van der Waals surface area contributed by atoms with Gasteiger partial charge in [0.05, 0.1) is 0 Å². The molecule has 16 heavy (non-hydrogen) atoms. The maximum Gasteiger partial charge on any atom is 0.222 e. The SMILES string of the molecule is CC=C(/N=C\C1=C(C)CNC1)c1nn[nH]n1. The first kappa shape index (κ1) is 10.7. The summed E-state index contributed by atoms with van der Waals surface area (Å²) in [6.07, 6.45) is 3.72. The molecule has 0 bridgehead atoms. The Morgan fingerprint density at radius 1 is 1.44 bits per heavy atom. The molecule has 1 aliphatic rings. The van der Waals surface area contributed by atoms with Crippen LogP contribution in [0.2, 0.25) is 0 Å².